The minimum atomic E-state index is -1.10. The number of carbonyl (C=O) groups excluding carboxylic acids is 1. The molecule has 17 heavy (non-hydrogen) atoms. The molecule has 0 amide bonds. The van der Waals surface area contributed by atoms with Crippen LogP contribution >= 0.6 is 0 Å². The lowest BCUT2D eigenvalue weighted by molar-refractivity contribution is 0.0197. The van der Waals surface area contributed by atoms with E-state index < -0.39 is 18.2 Å². The summed E-state index contributed by atoms with van der Waals surface area (Å²) >= 11 is 0. The number of nitrogens with zero attached hydrogens (tertiary/aromatic N) is 2. The Hall–Kier alpha value is -1.57. The molecule has 0 aromatic carbocycles. The van der Waals surface area contributed by atoms with E-state index in [1.165, 1.54) is 19.5 Å². The molecule has 94 valence electrons. The molecule has 0 spiro atoms. The van der Waals surface area contributed by atoms with Crippen LogP contribution in [0.2, 0.25) is 0 Å². The van der Waals surface area contributed by atoms with Crippen LogP contribution in [-0.4, -0.2) is 53.0 Å². The molecule has 0 saturated heterocycles. The van der Waals surface area contributed by atoms with E-state index in [-0.39, 0.29) is 12.4 Å². The summed E-state index contributed by atoms with van der Waals surface area (Å²) in [5.74, 6) is -0.742. The van der Waals surface area contributed by atoms with E-state index in [0.29, 0.717) is 5.56 Å². The van der Waals surface area contributed by atoms with Crippen LogP contribution in [0.5, 0.6) is 0 Å². The van der Waals surface area contributed by atoms with Crippen molar-refractivity contribution in [2.45, 2.75) is 12.2 Å². The van der Waals surface area contributed by atoms with Gasteiger partial charge in [-0.15, -0.1) is 0 Å². The predicted octanol–water partition coefficient (Wildman–Crippen LogP) is -1.12. The normalized spacial score (nSPS) is 14.1. The van der Waals surface area contributed by atoms with Crippen LogP contribution in [0.4, 0.5) is 0 Å². The molecule has 0 aliphatic carbocycles. The second-order valence-corrected chi connectivity index (χ2v) is 3.40. The van der Waals surface area contributed by atoms with Crippen molar-refractivity contribution in [3.8, 4) is 0 Å². The predicted molar refractivity (Wildman–Crippen MR) is 58.3 cm³/mol. The average molecular weight is 241 g/mol. The zero-order chi connectivity index (χ0) is 12.8. The topological polar surface area (TPSA) is 105 Å². The molecule has 1 heterocycles. The van der Waals surface area contributed by atoms with Gasteiger partial charge in [-0.25, -0.2) is 14.8 Å². The highest BCUT2D eigenvalue weighted by Gasteiger charge is 2.19. The molecule has 7 heteroatoms. The Morgan fingerprint density at radius 1 is 1.47 bits per heavy atom. The second-order valence-electron chi connectivity index (χ2n) is 3.40. The van der Waals surface area contributed by atoms with Crippen molar-refractivity contribution >= 4 is 5.97 Å². The summed E-state index contributed by atoms with van der Waals surface area (Å²) in [5.41, 5.74) is 0.334. The fraction of sp³-hybridized carbons (Fsp3) is 0.500. The molecule has 0 radical (unpaired) electrons. The Balaban J connectivity index is 2.76. The summed E-state index contributed by atoms with van der Waals surface area (Å²) < 4.78 is 4.44. The molecule has 0 bridgehead atoms. The number of rotatable bonds is 5. The molecule has 1 rings (SSSR count). The van der Waals surface area contributed by atoms with Crippen molar-refractivity contribution in [3.63, 3.8) is 0 Å². The Bertz CT molecular complexity index is 368. The van der Waals surface area contributed by atoms with E-state index >= 15 is 0 Å². The van der Waals surface area contributed by atoms with Crippen LogP contribution in [0.3, 0.4) is 0 Å². The third-order valence-corrected chi connectivity index (χ3v) is 2.16. The number of hydrogen-bond acceptors (Lipinski definition) is 7. The third kappa shape index (κ3) is 3.45. The largest absolute Gasteiger partial charge is 0.463 e. The van der Waals surface area contributed by atoms with E-state index in [1.54, 1.807) is 7.05 Å². The van der Waals surface area contributed by atoms with Crippen LogP contribution < -0.4 is 5.32 Å². The van der Waals surface area contributed by atoms with Gasteiger partial charge in [0.25, 0.3) is 0 Å². The summed E-state index contributed by atoms with van der Waals surface area (Å²) in [6.07, 6.45) is 0.493. The molecule has 0 aliphatic rings. The minimum absolute atomic E-state index is 0.0912. The van der Waals surface area contributed by atoms with E-state index in [0.717, 1.165) is 0 Å². The third-order valence-electron chi connectivity index (χ3n) is 2.16. The highest BCUT2D eigenvalue weighted by Crippen LogP contribution is 2.14. The average Bonchev–Trinajstić information content (AvgIpc) is 2.37. The number of hydrogen-bond donors (Lipinski definition) is 3. The zero-order valence-electron chi connectivity index (χ0n) is 9.62. The molecular formula is C10H15N3O4. The first-order chi connectivity index (χ1) is 8.10. The fourth-order valence-corrected chi connectivity index (χ4v) is 1.23. The first-order valence-electron chi connectivity index (χ1n) is 5.01. The van der Waals surface area contributed by atoms with Gasteiger partial charge >= 0.3 is 5.97 Å². The van der Waals surface area contributed by atoms with Crippen LogP contribution in [0.15, 0.2) is 12.4 Å². The van der Waals surface area contributed by atoms with Gasteiger partial charge in [0.05, 0.1) is 13.2 Å². The lowest BCUT2D eigenvalue weighted by Crippen LogP contribution is -2.29. The van der Waals surface area contributed by atoms with Crippen LogP contribution in [-0.2, 0) is 4.74 Å². The molecule has 1 aromatic rings. The van der Waals surface area contributed by atoms with Crippen LogP contribution in [0.25, 0.3) is 0 Å². The summed E-state index contributed by atoms with van der Waals surface area (Å²) in [6.45, 7) is 0.236. The Kier molecular flexibility index (Phi) is 4.95. The highest BCUT2D eigenvalue weighted by molar-refractivity contribution is 5.84. The number of aromatic nitrogens is 2. The molecule has 0 fully saturated rings. The maximum atomic E-state index is 11.1. The molecule has 2 unspecified atom stereocenters. The van der Waals surface area contributed by atoms with E-state index in [4.69, 9.17) is 0 Å². The smallest absolute Gasteiger partial charge is 0.376 e. The number of esters is 1. The molecule has 0 saturated carbocycles. The lowest BCUT2D eigenvalue weighted by Gasteiger charge is -2.16. The molecule has 3 N–H and O–H groups in total. The second kappa shape index (κ2) is 6.24. The van der Waals surface area contributed by atoms with Crippen molar-refractivity contribution in [1.29, 1.82) is 0 Å². The molecule has 0 aliphatic heterocycles. The van der Waals surface area contributed by atoms with Gasteiger partial charge in [-0.3, -0.25) is 0 Å². The summed E-state index contributed by atoms with van der Waals surface area (Å²) in [7, 11) is 2.89. The monoisotopic (exact) mass is 241 g/mol. The molecular weight excluding hydrogens is 226 g/mol. The highest BCUT2D eigenvalue weighted by atomic mass is 16.5. The van der Waals surface area contributed by atoms with Crippen molar-refractivity contribution in [1.82, 2.24) is 15.3 Å². The van der Waals surface area contributed by atoms with Crippen LogP contribution in [0, 0.1) is 0 Å². The van der Waals surface area contributed by atoms with Crippen molar-refractivity contribution in [2.75, 3.05) is 20.7 Å². The van der Waals surface area contributed by atoms with Crippen molar-refractivity contribution < 1.29 is 19.7 Å². The fourth-order valence-electron chi connectivity index (χ4n) is 1.23. The maximum absolute atomic E-state index is 11.1. The first-order valence-corrected chi connectivity index (χ1v) is 5.01. The van der Waals surface area contributed by atoms with E-state index in [2.05, 4.69) is 20.0 Å². The van der Waals surface area contributed by atoms with E-state index in [1.807, 2.05) is 0 Å². The van der Waals surface area contributed by atoms with Crippen molar-refractivity contribution in [3.05, 3.63) is 23.8 Å². The zero-order valence-corrected chi connectivity index (χ0v) is 9.62. The number of nitrogens with one attached hydrogen (secondary N) is 1. The Morgan fingerprint density at radius 3 is 2.53 bits per heavy atom. The van der Waals surface area contributed by atoms with Gasteiger partial charge in [0.15, 0.2) is 0 Å². The molecule has 2 atom stereocenters. The maximum Gasteiger partial charge on any atom is 0.376 e. The standard InChI is InChI=1S/C10H15N3O4/c1-11-5-7(14)8(15)6-3-12-9(13-4-6)10(16)17-2/h3-4,7-8,11,14-15H,5H2,1-2H3. The van der Waals surface area contributed by atoms with Gasteiger partial charge in [0.1, 0.15) is 6.10 Å². The number of methoxy groups -OCH3 is 1. The van der Waals surface area contributed by atoms with Gasteiger partial charge < -0.3 is 20.3 Å². The summed E-state index contributed by atoms with van der Waals surface area (Å²) in [5, 5.41) is 22.0. The number of aliphatic hydroxyl groups is 2. The number of ether oxygens (including phenoxy) is 1. The SMILES string of the molecule is CNCC(O)C(O)c1cnc(C(=O)OC)nc1. The molecule has 7 nitrogen and oxygen atoms in total. The van der Waals surface area contributed by atoms with Gasteiger partial charge in [-0.05, 0) is 7.05 Å². The summed E-state index contributed by atoms with van der Waals surface area (Å²) in [4.78, 5) is 18.5. The Morgan fingerprint density at radius 2 is 2.06 bits per heavy atom. The van der Waals surface area contributed by atoms with Crippen molar-refractivity contribution in [2.24, 2.45) is 0 Å². The number of carbonyl (C=O) groups is 1. The van der Waals surface area contributed by atoms with Gasteiger partial charge in [0, 0.05) is 24.5 Å². The number of aliphatic hydroxyl groups excluding tert-OH is 2. The van der Waals surface area contributed by atoms with Crippen LogP contribution in [0.1, 0.15) is 22.3 Å². The molecule has 1 aromatic heterocycles. The number of likely N-dealkylation sites (N-methyl/N-ethyl adjacent to an activating group) is 1. The van der Waals surface area contributed by atoms with Gasteiger partial charge in [-0.1, -0.05) is 0 Å². The quantitative estimate of drug-likeness (QED) is 0.561. The first kappa shape index (κ1) is 13.5. The lowest BCUT2D eigenvalue weighted by atomic mass is 10.1. The summed E-state index contributed by atoms with van der Waals surface area (Å²) in [6, 6.07) is 0. The van der Waals surface area contributed by atoms with E-state index in [9.17, 15) is 15.0 Å². The van der Waals surface area contributed by atoms with Gasteiger partial charge in [0.2, 0.25) is 5.82 Å². The van der Waals surface area contributed by atoms with Gasteiger partial charge in [-0.2, -0.15) is 0 Å². The minimum Gasteiger partial charge on any atom is -0.463 e. The Labute approximate surface area is 98.5 Å².